The number of ketones is 2. The molecule has 0 fully saturated rings. The Kier molecular flexibility index (Phi) is 5.17. The van der Waals surface area contributed by atoms with E-state index in [1.54, 1.807) is 42.9 Å². The number of carbonyl (C=O) groups is 2. The predicted molar refractivity (Wildman–Crippen MR) is 98.3 cm³/mol. The molecule has 5 heteroatoms. The minimum absolute atomic E-state index is 0.0924. The van der Waals surface area contributed by atoms with Gasteiger partial charge in [-0.05, 0) is 61.9 Å². The first-order valence-corrected chi connectivity index (χ1v) is 8.21. The van der Waals surface area contributed by atoms with E-state index in [4.69, 9.17) is 4.74 Å². The van der Waals surface area contributed by atoms with Crippen molar-refractivity contribution >= 4 is 11.6 Å². The normalized spacial score (nSPS) is 10.4. The third kappa shape index (κ3) is 4.00. The van der Waals surface area contributed by atoms with Crippen LogP contribution in [0.4, 0.5) is 0 Å². The Morgan fingerprint density at radius 3 is 2.46 bits per heavy atom. The van der Waals surface area contributed by atoms with Crippen LogP contribution in [0, 0.1) is 6.92 Å². The average Bonchev–Trinajstić information content (AvgIpc) is 2.63. The molecule has 0 atom stereocenters. The zero-order chi connectivity index (χ0) is 18.5. The third-order valence-electron chi connectivity index (χ3n) is 3.90. The van der Waals surface area contributed by atoms with Gasteiger partial charge in [-0.25, -0.2) is 4.98 Å². The van der Waals surface area contributed by atoms with Crippen LogP contribution in [-0.4, -0.2) is 21.5 Å². The second kappa shape index (κ2) is 7.70. The highest BCUT2D eigenvalue weighted by Crippen LogP contribution is 2.32. The lowest BCUT2D eigenvalue weighted by Gasteiger charge is -2.11. The molecule has 2 heterocycles. The Balaban J connectivity index is 1.85. The van der Waals surface area contributed by atoms with E-state index in [-0.39, 0.29) is 18.0 Å². The molecule has 0 aliphatic carbocycles. The fraction of sp³-hybridized carbons (Fsp3) is 0.143. The van der Waals surface area contributed by atoms with Gasteiger partial charge in [-0.1, -0.05) is 0 Å². The van der Waals surface area contributed by atoms with Gasteiger partial charge in [0.15, 0.2) is 5.78 Å². The van der Waals surface area contributed by atoms with Crippen LogP contribution in [0.15, 0.2) is 61.1 Å². The Morgan fingerprint density at radius 1 is 1.00 bits per heavy atom. The van der Waals surface area contributed by atoms with Crippen LogP contribution in [0.5, 0.6) is 11.6 Å². The number of nitrogens with zero attached hydrogens (tertiary/aromatic N) is 2. The number of ether oxygens (including phenoxy) is 1. The summed E-state index contributed by atoms with van der Waals surface area (Å²) in [6.45, 7) is 3.40. The molecule has 2 aromatic heterocycles. The molecule has 0 unspecified atom stereocenters. The summed E-state index contributed by atoms with van der Waals surface area (Å²) < 4.78 is 5.92. The van der Waals surface area contributed by atoms with Gasteiger partial charge in [-0.3, -0.25) is 14.6 Å². The van der Waals surface area contributed by atoms with Gasteiger partial charge in [0.2, 0.25) is 5.88 Å². The Morgan fingerprint density at radius 2 is 1.77 bits per heavy atom. The number of hydrogen-bond donors (Lipinski definition) is 0. The zero-order valence-electron chi connectivity index (χ0n) is 14.6. The first-order valence-electron chi connectivity index (χ1n) is 8.21. The Labute approximate surface area is 151 Å². The van der Waals surface area contributed by atoms with Crippen molar-refractivity contribution in [3.05, 3.63) is 72.2 Å². The minimum Gasteiger partial charge on any atom is -0.438 e. The molecule has 0 aliphatic rings. The standard InChI is InChI=1S/C21H18N2O3/c1-14-9-11-22-13-19(14)18-4-3-10-23-21(18)26-17-7-5-16(6-8-17)20(25)12-15(2)24/h3-11,13H,12H2,1-2H3. The predicted octanol–water partition coefficient (Wildman–Crippen LogP) is 4.41. The maximum Gasteiger partial charge on any atom is 0.227 e. The first-order chi connectivity index (χ1) is 12.5. The third-order valence-corrected chi connectivity index (χ3v) is 3.90. The van der Waals surface area contributed by atoms with Crippen molar-refractivity contribution in [1.82, 2.24) is 9.97 Å². The van der Waals surface area contributed by atoms with Gasteiger partial charge in [0.25, 0.3) is 0 Å². The van der Waals surface area contributed by atoms with E-state index in [1.807, 2.05) is 25.1 Å². The number of hydrogen-bond acceptors (Lipinski definition) is 5. The fourth-order valence-electron chi connectivity index (χ4n) is 2.57. The quantitative estimate of drug-likeness (QED) is 0.488. The summed E-state index contributed by atoms with van der Waals surface area (Å²) in [5.74, 6) is 0.672. The molecule has 0 bridgehead atoms. The van der Waals surface area contributed by atoms with Crippen LogP contribution < -0.4 is 4.74 Å². The maximum absolute atomic E-state index is 11.9. The van der Waals surface area contributed by atoms with Crippen LogP contribution in [0.1, 0.15) is 29.3 Å². The van der Waals surface area contributed by atoms with Crippen molar-refractivity contribution in [2.45, 2.75) is 20.3 Å². The minimum atomic E-state index is -0.200. The SMILES string of the molecule is CC(=O)CC(=O)c1ccc(Oc2ncccc2-c2cnccc2C)cc1. The molecule has 1 aromatic carbocycles. The van der Waals surface area contributed by atoms with E-state index < -0.39 is 0 Å². The summed E-state index contributed by atoms with van der Waals surface area (Å²) in [4.78, 5) is 31.5. The number of rotatable bonds is 6. The first kappa shape index (κ1) is 17.5. The molecule has 0 N–H and O–H groups in total. The number of pyridine rings is 2. The molecule has 26 heavy (non-hydrogen) atoms. The summed E-state index contributed by atoms with van der Waals surface area (Å²) in [5.41, 5.74) is 3.35. The monoisotopic (exact) mass is 346 g/mol. The maximum atomic E-state index is 11.9. The van der Waals surface area contributed by atoms with E-state index in [2.05, 4.69) is 9.97 Å². The van der Waals surface area contributed by atoms with Crippen LogP contribution in [0.25, 0.3) is 11.1 Å². The number of carbonyl (C=O) groups excluding carboxylic acids is 2. The number of aromatic nitrogens is 2. The topological polar surface area (TPSA) is 69.2 Å². The molecule has 5 nitrogen and oxygen atoms in total. The van der Waals surface area contributed by atoms with Gasteiger partial charge in [-0.15, -0.1) is 0 Å². The van der Waals surface area contributed by atoms with Crippen molar-refractivity contribution in [3.8, 4) is 22.8 Å². The molecule has 0 saturated carbocycles. The summed E-state index contributed by atoms with van der Waals surface area (Å²) in [6.07, 6.45) is 5.09. The van der Waals surface area contributed by atoms with Crippen LogP contribution in [0.2, 0.25) is 0 Å². The number of aryl methyl sites for hydroxylation is 1. The Bertz CT molecular complexity index is 949. The number of benzene rings is 1. The number of Topliss-reactive ketones (excluding diaryl/α,β-unsaturated/α-hetero) is 2. The lowest BCUT2D eigenvalue weighted by Crippen LogP contribution is -2.04. The molecule has 0 aliphatic heterocycles. The molecular formula is C21H18N2O3. The van der Waals surface area contributed by atoms with Crippen molar-refractivity contribution in [1.29, 1.82) is 0 Å². The molecule has 0 radical (unpaired) electrons. The Hall–Kier alpha value is -3.34. The van der Waals surface area contributed by atoms with Gasteiger partial charge in [-0.2, -0.15) is 0 Å². The van der Waals surface area contributed by atoms with Crippen molar-refractivity contribution in [2.75, 3.05) is 0 Å². The van der Waals surface area contributed by atoms with E-state index in [1.165, 1.54) is 6.92 Å². The summed E-state index contributed by atoms with van der Waals surface area (Å²) in [5, 5.41) is 0. The highest BCUT2D eigenvalue weighted by molar-refractivity contribution is 6.07. The van der Waals surface area contributed by atoms with Crippen LogP contribution in [0.3, 0.4) is 0 Å². The smallest absolute Gasteiger partial charge is 0.227 e. The van der Waals surface area contributed by atoms with Crippen LogP contribution in [-0.2, 0) is 4.79 Å². The second-order valence-corrected chi connectivity index (χ2v) is 5.98. The van der Waals surface area contributed by atoms with E-state index in [0.29, 0.717) is 17.2 Å². The van der Waals surface area contributed by atoms with E-state index in [9.17, 15) is 9.59 Å². The van der Waals surface area contributed by atoms with Gasteiger partial charge in [0.1, 0.15) is 11.5 Å². The largest absolute Gasteiger partial charge is 0.438 e. The van der Waals surface area contributed by atoms with E-state index in [0.717, 1.165) is 16.7 Å². The molecule has 3 rings (SSSR count). The van der Waals surface area contributed by atoms with Gasteiger partial charge in [0, 0.05) is 35.3 Å². The van der Waals surface area contributed by atoms with Crippen molar-refractivity contribution in [2.24, 2.45) is 0 Å². The average molecular weight is 346 g/mol. The van der Waals surface area contributed by atoms with Crippen molar-refractivity contribution in [3.63, 3.8) is 0 Å². The van der Waals surface area contributed by atoms with Crippen molar-refractivity contribution < 1.29 is 14.3 Å². The highest BCUT2D eigenvalue weighted by Gasteiger charge is 2.12. The molecule has 0 spiro atoms. The zero-order valence-corrected chi connectivity index (χ0v) is 14.6. The summed E-state index contributed by atoms with van der Waals surface area (Å²) in [6, 6.07) is 12.4. The summed E-state index contributed by atoms with van der Waals surface area (Å²) >= 11 is 0. The molecule has 3 aromatic rings. The van der Waals surface area contributed by atoms with E-state index >= 15 is 0 Å². The summed E-state index contributed by atoms with van der Waals surface area (Å²) in [7, 11) is 0. The lowest BCUT2D eigenvalue weighted by molar-refractivity contribution is -0.116. The van der Waals surface area contributed by atoms with Gasteiger partial charge >= 0.3 is 0 Å². The molecular weight excluding hydrogens is 328 g/mol. The lowest BCUT2D eigenvalue weighted by atomic mass is 10.0. The molecule has 130 valence electrons. The fourth-order valence-corrected chi connectivity index (χ4v) is 2.57. The van der Waals surface area contributed by atoms with Gasteiger partial charge in [0.05, 0.1) is 6.42 Å². The molecule has 0 saturated heterocycles. The second-order valence-electron chi connectivity index (χ2n) is 5.98. The van der Waals surface area contributed by atoms with Gasteiger partial charge < -0.3 is 4.74 Å². The van der Waals surface area contributed by atoms with Crippen LogP contribution >= 0.6 is 0 Å². The highest BCUT2D eigenvalue weighted by atomic mass is 16.5. The molecule has 0 amide bonds.